The van der Waals surface area contributed by atoms with Crippen LogP contribution in [0, 0.1) is 11.7 Å². The van der Waals surface area contributed by atoms with Gasteiger partial charge in [0.25, 0.3) is 0 Å². The van der Waals surface area contributed by atoms with E-state index in [0.29, 0.717) is 12.3 Å². The number of hydrogen-bond acceptors (Lipinski definition) is 2. The summed E-state index contributed by atoms with van der Waals surface area (Å²) in [5, 5.41) is 6.17. The highest BCUT2D eigenvalue weighted by molar-refractivity contribution is 5.85. The van der Waals surface area contributed by atoms with Crippen LogP contribution in [-0.4, -0.2) is 19.5 Å². The minimum Gasteiger partial charge on any atom is -0.349 e. The molecule has 1 saturated carbocycles. The van der Waals surface area contributed by atoms with Crippen molar-refractivity contribution in [3.05, 3.63) is 35.6 Å². The molecule has 0 heterocycles. The second-order valence-electron chi connectivity index (χ2n) is 5.85. The topological polar surface area (TPSA) is 41.1 Å². The van der Waals surface area contributed by atoms with E-state index in [4.69, 9.17) is 0 Å². The molecule has 1 aromatic rings. The minimum absolute atomic E-state index is 0. The van der Waals surface area contributed by atoms with Crippen molar-refractivity contribution in [2.24, 2.45) is 5.92 Å². The molecule has 3 nitrogen and oxygen atoms in total. The van der Waals surface area contributed by atoms with Gasteiger partial charge in [-0.25, -0.2) is 4.39 Å². The van der Waals surface area contributed by atoms with E-state index in [1.54, 1.807) is 12.1 Å². The fourth-order valence-electron chi connectivity index (χ4n) is 3.14. The molecule has 2 N–H and O–H groups in total. The summed E-state index contributed by atoms with van der Waals surface area (Å²) in [6, 6.07) is 6.59. The molecule has 1 unspecified atom stereocenters. The van der Waals surface area contributed by atoms with E-state index in [9.17, 15) is 9.18 Å². The molecule has 0 saturated heterocycles. The summed E-state index contributed by atoms with van der Waals surface area (Å²) in [7, 11) is 1.88. The van der Waals surface area contributed by atoms with Crippen molar-refractivity contribution in [3.8, 4) is 0 Å². The van der Waals surface area contributed by atoms with Gasteiger partial charge in [-0.2, -0.15) is 0 Å². The first-order valence-corrected chi connectivity index (χ1v) is 7.90. The van der Waals surface area contributed by atoms with Gasteiger partial charge < -0.3 is 10.6 Å². The molecule has 0 spiro atoms. The van der Waals surface area contributed by atoms with Gasteiger partial charge in [0, 0.05) is 6.42 Å². The van der Waals surface area contributed by atoms with Gasteiger partial charge in [0.2, 0.25) is 5.91 Å². The number of rotatable bonds is 7. The first-order valence-electron chi connectivity index (χ1n) is 7.90. The molecule has 1 amide bonds. The highest BCUT2D eigenvalue weighted by atomic mass is 35.5. The average Bonchev–Trinajstić information content (AvgIpc) is 2.99. The zero-order chi connectivity index (χ0) is 15.1. The van der Waals surface area contributed by atoms with E-state index < -0.39 is 0 Å². The molecule has 1 aromatic carbocycles. The first kappa shape index (κ1) is 18.9. The molecule has 0 aliphatic heterocycles. The van der Waals surface area contributed by atoms with Gasteiger partial charge >= 0.3 is 0 Å². The predicted octanol–water partition coefficient (Wildman–Crippen LogP) is 3.59. The lowest BCUT2D eigenvalue weighted by atomic mass is 9.91. The molecule has 5 heteroatoms. The number of carbonyl (C=O) groups is 1. The van der Waals surface area contributed by atoms with Crippen LogP contribution >= 0.6 is 12.4 Å². The van der Waals surface area contributed by atoms with Crippen LogP contribution in [0.15, 0.2) is 24.3 Å². The third kappa shape index (κ3) is 5.58. The zero-order valence-electron chi connectivity index (χ0n) is 13.1. The average molecular weight is 329 g/mol. The molecular weight excluding hydrogens is 303 g/mol. The predicted molar refractivity (Wildman–Crippen MR) is 89.7 cm³/mol. The third-order valence-electron chi connectivity index (χ3n) is 4.23. The highest BCUT2D eigenvalue weighted by Gasteiger charge is 2.27. The Labute approximate surface area is 138 Å². The SMILES string of the molecule is CNCCCC(=O)NC(c1cccc(F)c1)C1CCCC1.Cl. The van der Waals surface area contributed by atoms with Gasteiger partial charge in [0.15, 0.2) is 0 Å². The van der Waals surface area contributed by atoms with E-state index in [0.717, 1.165) is 31.4 Å². The number of halogens is 2. The van der Waals surface area contributed by atoms with Crippen LogP contribution in [-0.2, 0) is 4.79 Å². The lowest BCUT2D eigenvalue weighted by Gasteiger charge is -2.25. The number of nitrogens with one attached hydrogen (secondary N) is 2. The third-order valence-corrected chi connectivity index (χ3v) is 4.23. The van der Waals surface area contributed by atoms with Crippen LogP contribution in [0.4, 0.5) is 4.39 Å². The Balaban J connectivity index is 0.00000242. The maximum absolute atomic E-state index is 13.5. The summed E-state index contributed by atoms with van der Waals surface area (Å²) in [4.78, 5) is 12.1. The lowest BCUT2D eigenvalue weighted by molar-refractivity contribution is -0.122. The fraction of sp³-hybridized carbons (Fsp3) is 0.588. The van der Waals surface area contributed by atoms with Crippen LogP contribution in [0.3, 0.4) is 0 Å². The smallest absolute Gasteiger partial charge is 0.220 e. The van der Waals surface area contributed by atoms with Crippen LogP contribution < -0.4 is 10.6 Å². The molecule has 1 atom stereocenters. The Morgan fingerprint density at radius 1 is 1.36 bits per heavy atom. The second-order valence-corrected chi connectivity index (χ2v) is 5.85. The molecule has 1 fully saturated rings. The quantitative estimate of drug-likeness (QED) is 0.751. The van der Waals surface area contributed by atoms with Crippen molar-refractivity contribution < 1.29 is 9.18 Å². The second kappa shape index (κ2) is 9.80. The summed E-state index contributed by atoms with van der Waals surface area (Å²) in [5.41, 5.74) is 0.892. The maximum Gasteiger partial charge on any atom is 0.220 e. The van der Waals surface area contributed by atoms with E-state index in [1.807, 2.05) is 13.1 Å². The first-order chi connectivity index (χ1) is 10.2. The molecule has 1 aliphatic rings. The van der Waals surface area contributed by atoms with Crippen LogP contribution in [0.5, 0.6) is 0 Å². The normalized spacial score (nSPS) is 16.1. The number of carbonyl (C=O) groups excluding carboxylic acids is 1. The van der Waals surface area contributed by atoms with Gasteiger partial charge in [0.05, 0.1) is 6.04 Å². The molecule has 0 aromatic heterocycles. The molecule has 1 aliphatic carbocycles. The Bertz CT molecular complexity index is 464. The fourth-order valence-corrected chi connectivity index (χ4v) is 3.14. The maximum atomic E-state index is 13.5. The minimum atomic E-state index is -0.236. The Kier molecular flexibility index (Phi) is 8.43. The van der Waals surface area contributed by atoms with Gasteiger partial charge in [0.1, 0.15) is 5.82 Å². The Morgan fingerprint density at radius 3 is 2.73 bits per heavy atom. The summed E-state index contributed by atoms with van der Waals surface area (Å²) >= 11 is 0. The Hall–Kier alpha value is -1.13. The molecule has 124 valence electrons. The Morgan fingerprint density at radius 2 is 2.09 bits per heavy atom. The van der Waals surface area contributed by atoms with Gasteiger partial charge in [-0.05, 0) is 56.5 Å². The van der Waals surface area contributed by atoms with Crippen molar-refractivity contribution in [2.75, 3.05) is 13.6 Å². The van der Waals surface area contributed by atoms with Crippen molar-refractivity contribution in [2.45, 2.75) is 44.6 Å². The molecule has 0 bridgehead atoms. The summed E-state index contributed by atoms with van der Waals surface area (Å²) in [6.45, 7) is 0.835. The van der Waals surface area contributed by atoms with Crippen LogP contribution in [0.25, 0.3) is 0 Å². The van der Waals surface area contributed by atoms with E-state index in [-0.39, 0.29) is 30.2 Å². The van der Waals surface area contributed by atoms with E-state index >= 15 is 0 Å². The van der Waals surface area contributed by atoms with Crippen molar-refractivity contribution in [1.29, 1.82) is 0 Å². The monoisotopic (exact) mass is 328 g/mol. The van der Waals surface area contributed by atoms with E-state index in [2.05, 4.69) is 10.6 Å². The lowest BCUT2D eigenvalue weighted by Crippen LogP contribution is -2.33. The van der Waals surface area contributed by atoms with E-state index in [1.165, 1.54) is 18.9 Å². The van der Waals surface area contributed by atoms with Crippen LogP contribution in [0.1, 0.15) is 50.1 Å². The van der Waals surface area contributed by atoms with Crippen molar-refractivity contribution >= 4 is 18.3 Å². The number of amides is 1. The van der Waals surface area contributed by atoms with Crippen LogP contribution in [0.2, 0.25) is 0 Å². The number of benzene rings is 1. The highest BCUT2D eigenvalue weighted by Crippen LogP contribution is 2.35. The zero-order valence-corrected chi connectivity index (χ0v) is 13.9. The molecular formula is C17H26ClFN2O. The summed E-state index contributed by atoms with van der Waals surface area (Å²) < 4.78 is 13.5. The molecule has 2 rings (SSSR count). The molecule has 22 heavy (non-hydrogen) atoms. The van der Waals surface area contributed by atoms with Gasteiger partial charge in [-0.3, -0.25) is 4.79 Å². The molecule has 0 radical (unpaired) electrons. The van der Waals surface area contributed by atoms with Gasteiger partial charge in [-0.15, -0.1) is 12.4 Å². The van der Waals surface area contributed by atoms with Crippen molar-refractivity contribution in [1.82, 2.24) is 10.6 Å². The standard InChI is InChI=1S/C17H25FN2O.ClH/c1-19-11-5-10-16(21)20-17(13-6-2-3-7-13)14-8-4-9-15(18)12-14;/h4,8-9,12-13,17,19H,2-3,5-7,10-11H2,1H3,(H,20,21);1H. The van der Waals surface area contributed by atoms with Gasteiger partial charge in [-0.1, -0.05) is 25.0 Å². The largest absolute Gasteiger partial charge is 0.349 e. The van der Waals surface area contributed by atoms with Crippen molar-refractivity contribution in [3.63, 3.8) is 0 Å². The summed E-state index contributed by atoms with van der Waals surface area (Å²) in [5.74, 6) is 0.256. The number of hydrogen-bond donors (Lipinski definition) is 2. The summed E-state index contributed by atoms with van der Waals surface area (Å²) in [6.07, 6.45) is 5.95.